The number of fused-ring (bicyclic) bond motifs is 1. The van der Waals surface area contributed by atoms with Crippen molar-refractivity contribution in [3.8, 4) is 0 Å². The second-order valence-electron chi connectivity index (χ2n) is 4.67. The standard InChI is InChI=1S/C14H10F2N4O2S2/c1-23-14-19-11-8(15)5-7(10(16)12(11)24-14)6-18-13-9(20(21)22)3-2-4-17-13/h2-5H,6H2,1H3,(H,17,18). The third kappa shape index (κ3) is 3.02. The number of pyridine rings is 1. The maximum Gasteiger partial charge on any atom is 0.311 e. The Balaban J connectivity index is 1.94. The maximum absolute atomic E-state index is 14.6. The summed E-state index contributed by atoms with van der Waals surface area (Å²) in [4.78, 5) is 18.3. The molecule has 0 amide bonds. The van der Waals surface area contributed by atoms with Crippen LogP contribution in [0.4, 0.5) is 20.3 Å². The molecule has 1 N–H and O–H groups in total. The Morgan fingerprint density at radius 3 is 2.96 bits per heavy atom. The molecule has 0 saturated carbocycles. The fourth-order valence-corrected chi connectivity index (χ4v) is 3.65. The van der Waals surface area contributed by atoms with Crippen LogP contribution in [0.15, 0.2) is 28.7 Å². The van der Waals surface area contributed by atoms with Gasteiger partial charge in [0, 0.05) is 24.4 Å². The van der Waals surface area contributed by atoms with E-state index in [0.717, 1.165) is 17.4 Å². The normalized spacial score (nSPS) is 11.0. The van der Waals surface area contributed by atoms with Gasteiger partial charge in [-0.05, 0) is 18.4 Å². The van der Waals surface area contributed by atoms with Gasteiger partial charge < -0.3 is 5.32 Å². The van der Waals surface area contributed by atoms with E-state index < -0.39 is 16.6 Å². The molecule has 0 unspecified atom stereocenters. The van der Waals surface area contributed by atoms with Crippen LogP contribution >= 0.6 is 23.1 Å². The molecule has 2 heterocycles. The summed E-state index contributed by atoms with van der Waals surface area (Å²) in [5.74, 6) is -1.22. The van der Waals surface area contributed by atoms with E-state index in [1.807, 2.05) is 0 Å². The van der Waals surface area contributed by atoms with Gasteiger partial charge in [-0.1, -0.05) is 11.8 Å². The molecule has 0 aliphatic carbocycles. The van der Waals surface area contributed by atoms with Gasteiger partial charge in [-0.25, -0.2) is 18.7 Å². The quantitative estimate of drug-likeness (QED) is 0.413. The molecule has 0 saturated heterocycles. The van der Waals surface area contributed by atoms with Gasteiger partial charge in [0.2, 0.25) is 5.82 Å². The summed E-state index contributed by atoms with van der Waals surface area (Å²) in [6.45, 7) is -0.136. The summed E-state index contributed by atoms with van der Waals surface area (Å²) in [6, 6.07) is 3.75. The summed E-state index contributed by atoms with van der Waals surface area (Å²) in [6.07, 6.45) is 3.15. The van der Waals surface area contributed by atoms with Gasteiger partial charge in [-0.2, -0.15) is 0 Å². The molecule has 3 rings (SSSR count). The van der Waals surface area contributed by atoms with Crippen LogP contribution in [-0.2, 0) is 6.54 Å². The van der Waals surface area contributed by atoms with E-state index in [1.165, 1.54) is 30.1 Å². The van der Waals surface area contributed by atoms with E-state index in [4.69, 9.17) is 0 Å². The SMILES string of the molecule is CSc1nc2c(F)cc(CNc3ncccc3[N+](=O)[O-])c(F)c2s1. The Morgan fingerprint density at radius 2 is 2.25 bits per heavy atom. The zero-order chi connectivity index (χ0) is 17.3. The molecule has 1 aromatic carbocycles. The number of anilines is 1. The van der Waals surface area contributed by atoms with Crippen LogP contribution < -0.4 is 5.32 Å². The summed E-state index contributed by atoms with van der Waals surface area (Å²) in [5, 5.41) is 13.6. The van der Waals surface area contributed by atoms with Crippen molar-refractivity contribution in [3.05, 3.63) is 51.7 Å². The number of hydrogen-bond donors (Lipinski definition) is 1. The first-order valence-electron chi connectivity index (χ1n) is 6.66. The summed E-state index contributed by atoms with van der Waals surface area (Å²) in [7, 11) is 0. The number of hydrogen-bond acceptors (Lipinski definition) is 7. The lowest BCUT2D eigenvalue weighted by atomic mass is 10.2. The number of thioether (sulfide) groups is 1. The molecule has 3 aromatic rings. The first kappa shape index (κ1) is 16.5. The number of nitro groups is 1. The molecule has 24 heavy (non-hydrogen) atoms. The zero-order valence-corrected chi connectivity index (χ0v) is 13.9. The van der Waals surface area contributed by atoms with Crippen molar-refractivity contribution >= 4 is 44.8 Å². The van der Waals surface area contributed by atoms with Crippen LogP contribution in [0.2, 0.25) is 0 Å². The van der Waals surface area contributed by atoms with Crippen molar-refractivity contribution in [1.82, 2.24) is 9.97 Å². The van der Waals surface area contributed by atoms with Crippen molar-refractivity contribution in [3.63, 3.8) is 0 Å². The highest BCUT2D eigenvalue weighted by Gasteiger charge is 2.19. The average molecular weight is 368 g/mol. The number of benzene rings is 1. The van der Waals surface area contributed by atoms with Gasteiger partial charge in [0.15, 0.2) is 10.2 Å². The third-order valence-electron chi connectivity index (χ3n) is 3.22. The van der Waals surface area contributed by atoms with Crippen molar-refractivity contribution < 1.29 is 13.7 Å². The molecule has 0 fully saturated rings. The Morgan fingerprint density at radius 1 is 1.46 bits per heavy atom. The predicted octanol–water partition coefficient (Wildman–Crippen LogP) is 4.21. The molecule has 6 nitrogen and oxygen atoms in total. The second kappa shape index (κ2) is 6.65. The molecule has 0 spiro atoms. The topological polar surface area (TPSA) is 81.0 Å². The zero-order valence-electron chi connectivity index (χ0n) is 12.2. The van der Waals surface area contributed by atoms with E-state index in [9.17, 15) is 18.9 Å². The summed E-state index contributed by atoms with van der Waals surface area (Å²) >= 11 is 2.37. The molecule has 124 valence electrons. The Kier molecular flexibility index (Phi) is 4.58. The first-order valence-corrected chi connectivity index (χ1v) is 8.70. The minimum absolute atomic E-state index is 0.00323. The van der Waals surface area contributed by atoms with Crippen molar-refractivity contribution in [1.29, 1.82) is 0 Å². The second-order valence-corrected chi connectivity index (χ2v) is 6.73. The van der Waals surface area contributed by atoms with Crippen LogP contribution in [-0.4, -0.2) is 21.1 Å². The van der Waals surface area contributed by atoms with Crippen molar-refractivity contribution in [2.45, 2.75) is 10.9 Å². The van der Waals surface area contributed by atoms with Crippen LogP contribution in [0.3, 0.4) is 0 Å². The van der Waals surface area contributed by atoms with E-state index in [2.05, 4.69) is 15.3 Å². The molecule has 0 radical (unpaired) electrons. The van der Waals surface area contributed by atoms with Gasteiger partial charge in [0.05, 0.1) is 9.62 Å². The molecular weight excluding hydrogens is 358 g/mol. The van der Waals surface area contributed by atoms with E-state index >= 15 is 0 Å². The lowest BCUT2D eigenvalue weighted by Gasteiger charge is -2.07. The van der Waals surface area contributed by atoms with Gasteiger partial charge in [0.1, 0.15) is 11.3 Å². The fourth-order valence-electron chi connectivity index (χ4n) is 2.12. The summed E-state index contributed by atoms with van der Waals surface area (Å²) < 4.78 is 29.4. The molecule has 2 aromatic heterocycles. The number of aromatic nitrogens is 2. The molecule has 0 aliphatic rings. The average Bonchev–Trinajstić information content (AvgIpc) is 3.02. The van der Waals surface area contributed by atoms with Gasteiger partial charge in [0.25, 0.3) is 0 Å². The monoisotopic (exact) mass is 368 g/mol. The third-order valence-corrected chi connectivity index (χ3v) is 5.25. The van der Waals surface area contributed by atoms with Crippen LogP contribution in [0, 0.1) is 21.7 Å². The number of nitrogens with one attached hydrogen (secondary N) is 1. The van der Waals surface area contributed by atoms with E-state index in [1.54, 1.807) is 6.26 Å². The van der Waals surface area contributed by atoms with Gasteiger partial charge >= 0.3 is 5.69 Å². The van der Waals surface area contributed by atoms with Crippen LogP contribution in [0.25, 0.3) is 10.2 Å². The summed E-state index contributed by atoms with van der Waals surface area (Å²) in [5.41, 5.74) is -0.187. The number of thiazole rings is 1. The molecule has 10 heteroatoms. The number of nitrogens with zero attached hydrogens (tertiary/aromatic N) is 3. The van der Waals surface area contributed by atoms with Crippen LogP contribution in [0.1, 0.15) is 5.56 Å². The van der Waals surface area contributed by atoms with Crippen molar-refractivity contribution in [2.24, 2.45) is 0 Å². The lowest BCUT2D eigenvalue weighted by Crippen LogP contribution is -2.06. The highest BCUT2D eigenvalue weighted by molar-refractivity contribution is 8.00. The highest BCUT2D eigenvalue weighted by Crippen LogP contribution is 2.33. The maximum atomic E-state index is 14.6. The Bertz CT molecular complexity index is 933. The number of halogens is 2. The Labute approximate surface area is 143 Å². The molecule has 0 aliphatic heterocycles. The smallest absolute Gasteiger partial charge is 0.311 e. The first-order chi connectivity index (χ1) is 11.5. The highest BCUT2D eigenvalue weighted by atomic mass is 32.2. The lowest BCUT2D eigenvalue weighted by molar-refractivity contribution is -0.384. The van der Waals surface area contributed by atoms with E-state index in [0.29, 0.717) is 4.34 Å². The van der Waals surface area contributed by atoms with E-state index in [-0.39, 0.29) is 33.8 Å². The molecule has 0 bridgehead atoms. The Hall–Kier alpha value is -2.33. The minimum Gasteiger partial charge on any atom is -0.360 e. The number of rotatable bonds is 5. The minimum atomic E-state index is -0.629. The van der Waals surface area contributed by atoms with Gasteiger partial charge in [-0.15, -0.1) is 11.3 Å². The largest absolute Gasteiger partial charge is 0.360 e. The fraction of sp³-hybridized carbons (Fsp3) is 0.143. The van der Waals surface area contributed by atoms with Crippen LogP contribution in [0.5, 0.6) is 0 Å². The van der Waals surface area contributed by atoms with Gasteiger partial charge in [-0.3, -0.25) is 10.1 Å². The van der Waals surface area contributed by atoms with Crippen molar-refractivity contribution in [2.75, 3.05) is 11.6 Å². The predicted molar refractivity (Wildman–Crippen MR) is 89.5 cm³/mol. The molecule has 0 atom stereocenters. The molecular formula is C14H10F2N4O2S2.